The second kappa shape index (κ2) is 16.4. The van der Waals surface area contributed by atoms with Gasteiger partial charge in [0.1, 0.15) is 12.1 Å². The molecule has 0 spiro atoms. The zero-order valence-corrected chi connectivity index (χ0v) is 23.9. The third-order valence-corrected chi connectivity index (χ3v) is 6.58. The number of alkyl halides is 3. The number of rotatable bonds is 11. The van der Waals surface area contributed by atoms with Crippen molar-refractivity contribution < 1.29 is 47.4 Å². The van der Waals surface area contributed by atoms with Crippen LogP contribution in [-0.2, 0) is 19.2 Å². The summed E-state index contributed by atoms with van der Waals surface area (Å²) in [7, 11) is 0. The standard InChI is InChI=1S/C23H32Cl2N4O5.C2HF3O2/c1-13(2)19(22(32)29-11-5-7-18(29)23(33)34)28-21(31)17(26)6-3-4-10-27-20(30)15-9-8-14(24)12-16(15)25;3-2(4,5)1(6)7/h8-9,12-13,17-19H,3-7,10-11,26H2,1-2H3,(H,27,30)(H,28,31)(H,33,34);(H,6,7)/t17-,18-,19-;/m0./s1. The first-order chi connectivity index (χ1) is 19.0. The number of benzene rings is 1. The van der Waals surface area contributed by atoms with Gasteiger partial charge in [-0.25, -0.2) is 9.59 Å². The summed E-state index contributed by atoms with van der Waals surface area (Å²) in [6, 6.07) is 2.09. The van der Waals surface area contributed by atoms with E-state index in [4.69, 9.17) is 38.8 Å². The molecule has 6 N–H and O–H groups in total. The first-order valence-electron chi connectivity index (χ1n) is 12.6. The predicted octanol–water partition coefficient (Wildman–Crippen LogP) is 3.07. The summed E-state index contributed by atoms with van der Waals surface area (Å²) >= 11 is 11.9. The molecule has 2 rings (SSSR count). The molecule has 1 aromatic rings. The largest absolute Gasteiger partial charge is 0.490 e. The number of carbonyl (C=O) groups is 5. The van der Waals surface area contributed by atoms with Crippen molar-refractivity contribution in [3.8, 4) is 0 Å². The molecule has 230 valence electrons. The molecule has 0 aliphatic carbocycles. The van der Waals surface area contributed by atoms with Crippen LogP contribution in [-0.4, -0.2) is 82.2 Å². The van der Waals surface area contributed by atoms with E-state index in [1.165, 1.54) is 11.0 Å². The first-order valence-corrected chi connectivity index (χ1v) is 13.4. The molecule has 11 nitrogen and oxygen atoms in total. The van der Waals surface area contributed by atoms with Gasteiger partial charge >= 0.3 is 18.1 Å². The SMILES string of the molecule is CC(C)[C@H](NC(=O)[C@@H](N)CCCCNC(=O)c1ccc(Cl)cc1Cl)C(=O)N1CCC[C@H]1C(=O)O.O=C(O)C(F)(F)F. The lowest BCUT2D eigenvalue weighted by molar-refractivity contribution is -0.192. The van der Waals surface area contributed by atoms with Gasteiger partial charge < -0.3 is 31.5 Å². The van der Waals surface area contributed by atoms with Crippen LogP contribution in [0.1, 0.15) is 56.3 Å². The summed E-state index contributed by atoms with van der Waals surface area (Å²) in [6.07, 6.45) is -2.53. The van der Waals surface area contributed by atoms with Crippen LogP contribution in [0.15, 0.2) is 18.2 Å². The van der Waals surface area contributed by atoms with Crippen LogP contribution in [0.25, 0.3) is 0 Å². The van der Waals surface area contributed by atoms with Crippen LogP contribution >= 0.6 is 23.2 Å². The summed E-state index contributed by atoms with van der Waals surface area (Å²) in [5, 5.41) is 22.6. The van der Waals surface area contributed by atoms with Gasteiger partial charge in [0.2, 0.25) is 11.8 Å². The van der Waals surface area contributed by atoms with E-state index in [-0.39, 0.29) is 16.8 Å². The van der Waals surface area contributed by atoms with E-state index in [2.05, 4.69) is 10.6 Å². The Kier molecular flexibility index (Phi) is 14.3. The van der Waals surface area contributed by atoms with Crippen LogP contribution in [0, 0.1) is 5.92 Å². The summed E-state index contributed by atoms with van der Waals surface area (Å²) in [4.78, 5) is 59.4. The maximum Gasteiger partial charge on any atom is 0.490 e. The number of aliphatic carboxylic acids is 2. The Hall–Kier alpha value is -3.10. The number of carboxylic acid groups (broad SMARTS) is 2. The van der Waals surface area contributed by atoms with Crippen molar-refractivity contribution in [2.24, 2.45) is 11.7 Å². The minimum absolute atomic E-state index is 0.228. The highest BCUT2D eigenvalue weighted by Gasteiger charge is 2.39. The van der Waals surface area contributed by atoms with Crippen molar-refractivity contribution >= 4 is 52.9 Å². The second-order valence-electron chi connectivity index (χ2n) is 9.54. The number of hydrogen-bond donors (Lipinski definition) is 5. The molecule has 1 fully saturated rings. The Morgan fingerprint density at radius 2 is 1.73 bits per heavy atom. The van der Waals surface area contributed by atoms with Crippen molar-refractivity contribution in [2.75, 3.05) is 13.1 Å². The van der Waals surface area contributed by atoms with E-state index in [1.54, 1.807) is 26.0 Å². The molecule has 0 aromatic heterocycles. The Morgan fingerprint density at radius 1 is 1.12 bits per heavy atom. The minimum Gasteiger partial charge on any atom is -0.480 e. The molecule has 1 aliphatic rings. The summed E-state index contributed by atoms with van der Waals surface area (Å²) in [5.74, 6) is -5.20. The molecule has 0 bridgehead atoms. The number of amides is 3. The lowest BCUT2D eigenvalue weighted by Crippen LogP contribution is -2.56. The molecule has 41 heavy (non-hydrogen) atoms. The quantitative estimate of drug-likeness (QED) is 0.232. The zero-order valence-electron chi connectivity index (χ0n) is 22.3. The Morgan fingerprint density at radius 3 is 2.24 bits per heavy atom. The summed E-state index contributed by atoms with van der Waals surface area (Å²) in [5.41, 5.74) is 6.34. The van der Waals surface area contributed by atoms with E-state index in [9.17, 15) is 37.5 Å². The fourth-order valence-corrected chi connectivity index (χ4v) is 4.33. The molecule has 3 amide bonds. The number of carboxylic acids is 2. The number of nitrogens with zero attached hydrogens (tertiary/aromatic N) is 1. The minimum atomic E-state index is -5.08. The van der Waals surface area contributed by atoms with E-state index >= 15 is 0 Å². The van der Waals surface area contributed by atoms with Crippen LogP contribution < -0.4 is 16.4 Å². The van der Waals surface area contributed by atoms with Gasteiger partial charge in [-0.15, -0.1) is 0 Å². The van der Waals surface area contributed by atoms with Gasteiger partial charge in [0.25, 0.3) is 5.91 Å². The van der Waals surface area contributed by atoms with Gasteiger partial charge in [0.05, 0.1) is 16.6 Å². The topological polar surface area (TPSA) is 179 Å². The van der Waals surface area contributed by atoms with Gasteiger partial charge in [0.15, 0.2) is 0 Å². The van der Waals surface area contributed by atoms with Gasteiger partial charge in [-0.2, -0.15) is 13.2 Å². The first kappa shape index (κ1) is 35.9. The number of carbonyl (C=O) groups excluding carboxylic acids is 3. The van der Waals surface area contributed by atoms with Gasteiger partial charge in [-0.3, -0.25) is 14.4 Å². The fourth-order valence-electron chi connectivity index (χ4n) is 3.83. The zero-order chi connectivity index (χ0) is 31.5. The van der Waals surface area contributed by atoms with Crippen molar-refractivity contribution in [1.29, 1.82) is 0 Å². The third kappa shape index (κ3) is 11.7. The molecular weight excluding hydrogens is 596 g/mol. The molecule has 1 aliphatic heterocycles. The molecule has 16 heteroatoms. The average Bonchev–Trinajstić information content (AvgIpc) is 3.36. The molecule has 1 heterocycles. The maximum atomic E-state index is 12.9. The summed E-state index contributed by atoms with van der Waals surface area (Å²) in [6.45, 7) is 4.31. The Bertz CT molecular complexity index is 1110. The molecule has 0 unspecified atom stereocenters. The molecule has 3 atom stereocenters. The predicted molar refractivity (Wildman–Crippen MR) is 143 cm³/mol. The summed E-state index contributed by atoms with van der Waals surface area (Å²) < 4.78 is 31.7. The van der Waals surface area contributed by atoms with Crippen molar-refractivity contribution in [3.63, 3.8) is 0 Å². The molecular formula is C25H33Cl2F3N4O7. The number of hydrogen-bond acceptors (Lipinski definition) is 6. The normalized spacial score (nSPS) is 16.3. The van der Waals surface area contributed by atoms with Crippen LogP contribution in [0.5, 0.6) is 0 Å². The smallest absolute Gasteiger partial charge is 0.480 e. The van der Waals surface area contributed by atoms with Crippen molar-refractivity contribution in [2.45, 2.75) is 70.3 Å². The van der Waals surface area contributed by atoms with E-state index < -0.39 is 48.1 Å². The second-order valence-corrected chi connectivity index (χ2v) is 10.4. The lowest BCUT2D eigenvalue weighted by atomic mass is 10.0. The Balaban J connectivity index is 0.00000106. The van der Waals surface area contributed by atoms with Crippen molar-refractivity contribution in [1.82, 2.24) is 15.5 Å². The third-order valence-electron chi connectivity index (χ3n) is 6.03. The number of nitrogens with two attached hydrogens (primary N) is 1. The maximum absolute atomic E-state index is 12.9. The van der Waals surface area contributed by atoms with E-state index in [0.717, 1.165) is 0 Å². The van der Waals surface area contributed by atoms with Crippen LogP contribution in [0.4, 0.5) is 13.2 Å². The van der Waals surface area contributed by atoms with Crippen LogP contribution in [0.3, 0.4) is 0 Å². The van der Waals surface area contributed by atoms with Crippen molar-refractivity contribution in [3.05, 3.63) is 33.8 Å². The van der Waals surface area contributed by atoms with E-state index in [1.807, 2.05) is 0 Å². The number of likely N-dealkylation sites (tertiary alicyclic amines) is 1. The molecule has 1 saturated heterocycles. The molecule has 1 aromatic carbocycles. The fraction of sp³-hybridized carbons (Fsp3) is 0.560. The average molecular weight is 629 g/mol. The van der Waals surface area contributed by atoms with Crippen LogP contribution in [0.2, 0.25) is 10.0 Å². The van der Waals surface area contributed by atoms with E-state index in [0.29, 0.717) is 55.8 Å². The number of halogens is 5. The molecule has 0 radical (unpaired) electrons. The lowest BCUT2D eigenvalue weighted by Gasteiger charge is -2.30. The van der Waals surface area contributed by atoms with Gasteiger partial charge in [0, 0.05) is 18.1 Å². The highest BCUT2D eigenvalue weighted by atomic mass is 35.5. The highest BCUT2D eigenvalue weighted by molar-refractivity contribution is 6.36. The highest BCUT2D eigenvalue weighted by Crippen LogP contribution is 2.22. The monoisotopic (exact) mass is 628 g/mol. The van der Waals surface area contributed by atoms with Gasteiger partial charge in [-0.05, 0) is 56.2 Å². The van der Waals surface area contributed by atoms with Gasteiger partial charge in [-0.1, -0.05) is 37.0 Å². The number of nitrogens with one attached hydrogen (secondary N) is 2. The molecule has 0 saturated carbocycles. The number of unbranched alkanes of at least 4 members (excludes halogenated alkanes) is 1. The Labute approximate surface area is 244 Å².